The van der Waals surface area contributed by atoms with Crippen LogP contribution in [0.15, 0.2) is 18.2 Å². The number of aryl methyl sites for hydroxylation is 1. The number of carbonyl (C=O) groups is 2. The molecule has 0 aliphatic carbocycles. The van der Waals surface area contributed by atoms with Crippen LogP contribution in [-0.2, 0) is 4.79 Å². The Bertz CT molecular complexity index is 488. The first-order valence-electron chi connectivity index (χ1n) is 6.42. The third-order valence-corrected chi connectivity index (χ3v) is 2.86. The fourth-order valence-electron chi connectivity index (χ4n) is 1.77. The first-order chi connectivity index (χ1) is 9.47. The number of rotatable bonds is 6. The maximum absolute atomic E-state index is 11.8. The summed E-state index contributed by atoms with van der Waals surface area (Å²) in [5.74, 6) is -0.337. The van der Waals surface area contributed by atoms with Crippen molar-refractivity contribution in [1.82, 2.24) is 5.32 Å². The Hall–Kier alpha value is -2.24. The molecule has 0 heterocycles. The molecule has 0 saturated heterocycles. The van der Waals surface area contributed by atoms with Crippen LogP contribution < -0.4 is 15.4 Å². The average Bonchev–Trinajstić information content (AvgIpc) is 2.40. The summed E-state index contributed by atoms with van der Waals surface area (Å²) in [6.45, 7) is 3.70. The smallest absolute Gasteiger partial charge is 0.326 e. The third kappa shape index (κ3) is 4.46. The Morgan fingerprint density at radius 3 is 2.60 bits per heavy atom. The third-order valence-electron chi connectivity index (χ3n) is 2.86. The Kier molecular flexibility index (Phi) is 5.83. The molecule has 0 saturated carbocycles. The van der Waals surface area contributed by atoms with Gasteiger partial charge in [0.1, 0.15) is 11.8 Å². The van der Waals surface area contributed by atoms with Crippen molar-refractivity contribution in [3.05, 3.63) is 23.8 Å². The molecular weight excluding hydrogens is 260 g/mol. The fourth-order valence-corrected chi connectivity index (χ4v) is 1.77. The number of ether oxygens (including phenoxy) is 1. The van der Waals surface area contributed by atoms with Crippen LogP contribution in [0.3, 0.4) is 0 Å². The van der Waals surface area contributed by atoms with Gasteiger partial charge in [-0.25, -0.2) is 9.59 Å². The van der Waals surface area contributed by atoms with Crippen LogP contribution >= 0.6 is 0 Å². The second-order valence-corrected chi connectivity index (χ2v) is 4.46. The van der Waals surface area contributed by atoms with Gasteiger partial charge in [0.05, 0.1) is 7.11 Å². The second kappa shape index (κ2) is 7.37. The van der Waals surface area contributed by atoms with E-state index in [9.17, 15) is 9.59 Å². The van der Waals surface area contributed by atoms with Gasteiger partial charge in [0, 0.05) is 5.69 Å². The van der Waals surface area contributed by atoms with Gasteiger partial charge < -0.3 is 20.5 Å². The Morgan fingerprint density at radius 2 is 2.10 bits per heavy atom. The molecule has 0 bridgehead atoms. The molecule has 1 aromatic rings. The van der Waals surface area contributed by atoms with E-state index in [1.54, 1.807) is 25.3 Å². The van der Waals surface area contributed by atoms with Crippen molar-refractivity contribution in [3.63, 3.8) is 0 Å². The number of urea groups is 1. The number of methoxy groups -OCH3 is 1. The first kappa shape index (κ1) is 15.8. The van der Waals surface area contributed by atoms with Crippen LogP contribution in [0.1, 0.15) is 25.3 Å². The maximum atomic E-state index is 11.8. The molecule has 2 amide bonds. The first-order valence-corrected chi connectivity index (χ1v) is 6.42. The van der Waals surface area contributed by atoms with Crippen LogP contribution in [0.5, 0.6) is 5.75 Å². The van der Waals surface area contributed by atoms with Crippen molar-refractivity contribution >= 4 is 17.7 Å². The standard InChI is InChI=1S/C14H20N2O4/c1-4-5-12(13(17)18)16-14(19)15-11-7-6-10(20-3)8-9(11)2/h6-8,12H,4-5H2,1-3H3,(H,17,18)(H2,15,16,19). The van der Waals surface area contributed by atoms with Gasteiger partial charge in [0.25, 0.3) is 0 Å². The zero-order valence-corrected chi connectivity index (χ0v) is 11.9. The molecule has 20 heavy (non-hydrogen) atoms. The van der Waals surface area contributed by atoms with Gasteiger partial charge in [-0.05, 0) is 37.1 Å². The molecule has 110 valence electrons. The van der Waals surface area contributed by atoms with Crippen molar-refractivity contribution in [3.8, 4) is 5.75 Å². The van der Waals surface area contributed by atoms with E-state index in [0.29, 0.717) is 24.3 Å². The molecule has 0 aliphatic rings. The lowest BCUT2D eigenvalue weighted by atomic mass is 10.1. The summed E-state index contributed by atoms with van der Waals surface area (Å²) in [5, 5.41) is 14.1. The molecule has 0 spiro atoms. The van der Waals surface area contributed by atoms with Crippen LogP contribution in [0.4, 0.5) is 10.5 Å². The van der Waals surface area contributed by atoms with Crippen LogP contribution in [-0.4, -0.2) is 30.3 Å². The van der Waals surface area contributed by atoms with Crippen molar-refractivity contribution in [2.75, 3.05) is 12.4 Å². The summed E-state index contributed by atoms with van der Waals surface area (Å²) in [6, 6.07) is 3.82. The number of hydrogen-bond donors (Lipinski definition) is 3. The largest absolute Gasteiger partial charge is 0.497 e. The van der Waals surface area contributed by atoms with E-state index in [-0.39, 0.29) is 0 Å². The summed E-state index contributed by atoms with van der Waals surface area (Å²) in [4.78, 5) is 22.8. The van der Waals surface area contributed by atoms with Crippen LogP contribution in [0.25, 0.3) is 0 Å². The lowest BCUT2D eigenvalue weighted by molar-refractivity contribution is -0.139. The molecule has 6 nitrogen and oxygen atoms in total. The number of amides is 2. The van der Waals surface area contributed by atoms with Gasteiger partial charge in [0.2, 0.25) is 0 Å². The van der Waals surface area contributed by atoms with Crippen LogP contribution in [0, 0.1) is 6.92 Å². The quantitative estimate of drug-likeness (QED) is 0.746. The van der Waals surface area contributed by atoms with Crippen molar-refractivity contribution < 1.29 is 19.4 Å². The Balaban J connectivity index is 2.68. The van der Waals surface area contributed by atoms with Crippen LogP contribution in [0.2, 0.25) is 0 Å². The molecule has 0 fully saturated rings. The minimum Gasteiger partial charge on any atom is -0.497 e. The van der Waals surface area contributed by atoms with Gasteiger partial charge in [0.15, 0.2) is 0 Å². The molecule has 1 unspecified atom stereocenters. The second-order valence-electron chi connectivity index (χ2n) is 4.46. The summed E-state index contributed by atoms with van der Waals surface area (Å²) in [5.41, 5.74) is 1.45. The monoisotopic (exact) mass is 280 g/mol. The number of benzene rings is 1. The molecule has 0 radical (unpaired) electrons. The van der Waals surface area contributed by atoms with E-state index >= 15 is 0 Å². The van der Waals surface area contributed by atoms with E-state index in [1.807, 2.05) is 13.8 Å². The molecule has 1 atom stereocenters. The highest BCUT2D eigenvalue weighted by Crippen LogP contribution is 2.20. The highest BCUT2D eigenvalue weighted by molar-refractivity contribution is 5.92. The predicted molar refractivity (Wildman–Crippen MR) is 76.2 cm³/mol. The number of aliphatic carboxylic acids is 1. The number of carboxylic acid groups (broad SMARTS) is 1. The SMILES string of the molecule is CCCC(NC(=O)Nc1ccc(OC)cc1C)C(=O)O. The minimum atomic E-state index is -1.03. The molecule has 1 rings (SSSR count). The van der Waals surface area contributed by atoms with Gasteiger partial charge >= 0.3 is 12.0 Å². The molecule has 0 aromatic heterocycles. The number of carbonyl (C=O) groups excluding carboxylic acids is 1. The van der Waals surface area contributed by atoms with Crippen molar-refractivity contribution in [1.29, 1.82) is 0 Å². The lowest BCUT2D eigenvalue weighted by Crippen LogP contribution is -2.42. The zero-order chi connectivity index (χ0) is 15.1. The summed E-state index contributed by atoms with van der Waals surface area (Å²) >= 11 is 0. The number of nitrogens with one attached hydrogen (secondary N) is 2. The molecule has 6 heteroatoms. The summed E-state index contributed by atoms with van der Waals surface area (Å²) < 4.78 is 5.08. The highest BCUT2D eigenvalue weighted by atomic mass is 16.5. The van der Waals surface area contributed by atoms with Gasteiger partial charge in [-0.2, -0.15) is 0 Å². The minimum absolute atomic E-state index is 0.393. The Labute approximate surface area is 118 Å². The average molecular weight is 280 g/mol. The van der Waals surface area contributed by atoms with Crippen molar-refractivity contribution in [2.24, 2.45) is 0 Å². The normalized spacial score (nSPS) is 11.6. The van der Waals surface area contributed by atoms with E-state index in [1.165, 1.54) is 0 Å². The molecule has 0 aliphatic heterocycles. The van der Waals surface area contributed by atoms with Gasteiger partial charge in [-0.3, -0.25) is 0 Å². The summed E-state index contributed by atoms with van der Waals surface area (Å²) in [6.07, 6.45) is 1.07. The fraction of sp³-hybridized carbons (Fsp3) is 0.429. The zero-order valence-electron chi connectivity index (χ0n) is 11.9. The maximum Gasteiger partial charge on any atom is 0.326 e. The van der Waals surface area contributed by atoms with E-state index in [0.717, 1.165) is 5.56 Å². The van der Waals surface area contributed by atoms with E-state index in [4.69, 9.17) is 9.84 Å². The summed E-state index contributed by atoms with van der Waals surface area (Å²) in [7, 11) is 1.57. The number of hydrogen-bond acceptors (Lipinski definition) is 3. The van der Waals surface area contributed by atoms with Gasteiger partial charge in [-0.1, -0.05) is 13.3 Å². The molecular formula is C14H20N2O4. The highest BCUT2D eigenvalue weighted by Gasteiger charge is 2.18. The number of anilines is 1. The Morgan fingerprint density at radius 1 is 1.40 bits per heavy atom. The predicted octanol–water partition coefficient (Wildman–Crippen LogP) is 2.38. The van der Waals surface area contributed by atoms with Crippen molar-refractivity contribution in [2.45, 2.75) is 32.7 Å². The topological polar surface area (TPSA) is 87.7 Å². The molecule has 3 N–H and O–H groups in total. The number of carboxylic acids is 1. The molecule has 1 aromatic carbocycles. The van der Waals surface area contributed by atoms with E-state index < -0.39 is 18.0 Å². The lowest BCUT2D eigenvalue weighted by Gasteiger charge is -2.15. The van der Waals surface area contributed by atoms with Gasteiger partial charge in [-0.15, -0.1) is 0 Å². The van der Waals surface area contributed by atoms with E-state index in [2.05, 4.69) is 10.6 Å².